The lowest BCUT2D eigenvalue weighted by Gasteiger charge is -2.05. The van der Waals surface area contributed by atoms with Crippen molar-refractivity contribution >= 4 is 11.4 Å². The minimum Gasteiger partial charge on any atom is -0.377 e. The Morgan fingerprint density at radius 2 is 2.21 bits per heavy atom. The highest BCUT2D eigenvalue weighted by Gasteiger charge is 2.24. The molecule has 0 atom stereocenters. The summed E-state index contributed by atoms with van der Waals surface area (Å²) < 4.78 is 0. The first-order chi connectivity index (χ1) is 6.66. The summed E-state index contributed by atoms with van der Waals surface area (Å²) in [6.45, 7) is 1.86. The van der Waals surface area contributed by atoms with Crippen molar-refractivity contribution in [3.63, 3.8) is 0 Å². The Labute approximate surface area is 82.1 Å². The fourth-order valence-electron chi connectivity index (χ4n) is 1.36. The SMILES string of the molecule is Cc1ccc(NC2CC2)c([N+](=O)[O-])c1. The highest BCUT2D eigenvalue weighted by Crippen LogP contribution is 2.31. The quantitative estimate of drug-likeness (QED) is 0.591. The second kappa shape index (κ2) is 3.29. The molecule has 14 heavy (non-hydrogen) atoms. The molecule has 0 amide bonds. The summed E-state index contributed by atoms with van der Waals surface area (Å²) in [5.41, 5.74) is 1.73. The number of rotatable bonds is 3. The third-order valence-electron chi connectivity index (χ3n) is 2.29. The molecule has 4 heteroatoms. The molecule has 0 bridgehead atoms. The van der Waals surface area contributed by atoms with Gasteiger partial charge >= 0.3 is 0 Å². The second-order valence-electron chi connectivity index (χ2n) is 3.70. The molecule has 0 heterocycles. The van der Waals surface area contributed by atoms with E-state index in [1.807, 2.05) is 13.0 Å². The molecule has 1 aliphatic carbocycles. The largest absolute Gasteiger partial charge is 0.377 e. The van der Waals surface area contributed by atoms with E-state index in [0.717, 1.165) is 18.4 Å². The van der Waals surface area contributed by atoms with Gasteiger partial charge in [-0.2, -0.15) is 0 Å². The van der Waals surface area contributed by atoms with Crippen LogP contribution in [-0.2, 0) is 0 Å². The molecule has 1 N–H and O–H groups in total. The monoisotopic (exact) mass is 192 g/mol. The van der Waals surface area contributed by atoms with Crippen LogP contribution < -0.4 is 5.32 Å². The van der Waals surface area contributed by atoms with Crippen LogP contribution in [0.1, 0.15) is 18.4 Å². The minimum atomic E-state index is -0.336. The molecule has 1 aliphatic rings. The summed E-state index contributed by atoms with van der Waals surface area (Å²) in [5, 5.41) is 13.9. The lowest BCUT2D eigenvalue weighted by Crippen LogP contribution is -2.04. The van der Waals surface area contributed by atoms with E-state index in [9.17, 15) is 10.1 Å². The van der Waals surface area contributed by atoms with Gasteiger partial charge < -0.3 is 5.32 Å². The highest BCUT2D eigenvalue weighted by atomic mass is 16.6. The molecule has 1 aromatic rings. The molecule has 0 unspecified atom stereocenters. The van der Waals surface area contributed by atoms with Gasteiger partial charge in [-0.1, -0.05) is 6.07 Å². The van der Waals surface area contributed by atoms with Crippen molar-refractivity contribution in [3.8, 4) is 0 Å². The number of nitro benzene ring substituents is 1. The number of anilines is 1. The zero-order valence-electron chi connectivity index (χ0n) is 7.99. The molecule has 2 rings (SSSR count). The van der Waals surface area contributed by atoms with E-state index in [1.165, 1.54) is 0 Å². The first kappa shape index (κ1) is 8.99. The molecule has 0 aliphatic heterocycles. The molecule has 1 aromatic carbocycles. The summed E-state index contributed by atoms with van der Waals surface area (Å²) in [6.07, 6.45) is 2.23. The van der Waals surface area contributed by atoms with Crippen LogP contribution in [0.3, 0.4) is 0 Å². The van der Waals surface area contributed by atoms with Crippen LogP contribution in [-0.4, -0.2) is 11.0 Å². The number of nitrogens with zero attached hydrogens (tertiary/aromatic N) is 1. The Balaban J connectivity index is 2.31. The maximum Gasteiger partial charge on any atom is 0.292 e. The van der Waals surface area contributed by atoms with Gasteiger partial charge in [-0.15, -0.1) is 0 Å². The Bertz CT molecular complexity index is 372. The smallest absolute Gasteiger partial charge is 0.292 e. The van der Waals surface area contributed by atoms with Gasteiger partial charge in [0, 0.05) is 12.1 Å². The molecule has 0 saturated heterocycles. The third-order valence-corrected chi connectivity index (χ3v) is 2.29. The van der Waals surface area contributed by atoms with Gasteiger partial charge in [-0.05, 0) is 31.4 Å². The number of hydrogen-bond acceptors (Lipinski definition) is 3. The zero-order valence-corrected chi connectivity index (χ0v) is 7.99. The van der Waals surface area contributed by atoms with Crippen LogP contribution in [0, 0.1) is 17.0 Å². The third kappa shape index (κ3) is 1.84. The molecular weight excluding hydrogens is 180 g/mol. The van der Waals surface area contributed by atoms with Gasteiger partial charge in [0.1, 0.15) is 5.69 Å². The second-order valence-corrected chi connectivity index (χ2v) is 3.70. The van der Waals surface area contributed by atoms with Gasteiger partial charge in [0.2, 0.25) is 0 Å². The Morgan fingerprint density at radius 1 is 1.50 bits per heavy atom. The van der Waals surface area contributed by atoms with Gasteiger partial charge in [-0.25, -0.2) is 0 Å². The average Bonchev–Trinajstić information content (AvgIpc) is 2.91. The molecule has 74 valence electrons. The maximum atomic E-state index is 10.7. The van der Waals surface area contributed by atoms with E-state index in [0.29, 0.717) is 11.7 Å². The fraction of sp³-hybridized carbons (Fsp3) is 0.400. The van der Waals surface area contributed by atoms with E-state index >= 15 is 0 Å². The topological polar surface area (TPSA) is 55.2 Å². The van der Waals surface area contributed by atoms with Gasteiger partial charge in [0.15, 0.2) is 0 Å². The average molecular weight is 192 g/mol. The van der Waals surface area contributed by atoms with Crippen LogP contribution >= 0.6 is 0 Å². The number of nitrogens with one attached hydrogen (secondary N) is 1. The number of nitro groups is 1. The lowest BCUT2D eigenvalue weighted by molar-refractivity contribution is -0.384. The van der Waals surface area contributed by atoms with Gasteiger partial charge in [-0.3, -0.25) is 10.1 Å². The van der Waals surface area contributed by atoms with Crippen molar-refractivity contribution in [3.05, 3.63) is 33.9 Å². The number of aryl methyl sites for hydroxylation is 1. The normalized spacial score (nSPS) is 15.2. The first-order valence-corrected chi connectivity index (χ1v) is 4.68. The van der Waals surface area contributed by atoms with Crippen molar-refractivity contribution in [2.24, 2.45) is 0 Å². The summed E-state index contributed by atoms with van der Waals surface area (Å²) >= 11 is 0. The summed E-state index contributed by atoms with van der Waals surface area (Å²) in [4.78, 5) is 10.4. The molecular formula is C10H12N2O2. The molecule has 0 spiro atoms. The van der Waals surface area contributed by atoms with Crippen molar-refractivity contribution in [1.82, 2.24) is 0 Å². The van der Waals surface area contributed by atoms with Crippen LogP contribution in [0.15, 0.2) is 18.2 Å². The molecule has 4 nitrogen and oxygen atoms in total. The predicted molar refractivity (Wildman–Crippen MR) is 54.5 cm³/mol. The standard InChI is InChI=1S/C10H12N2O2/c1-7-2-5-9(11-8-3-4-8)10(6-7)12(13)14/h2,5-6,8,11H,3-4H2,1H3. The summed E-state index contributed by atoms with van der Waals surface area (Å²) in [7, 11) is 0. The Kier molecular flexibility index (Phi) is 2.11. The van der Waals surface area contributed by atoms with Gasteiger partial charge in [0.05, 0.1) is 4.92 Å². The predicted octanol–water partition coefficient (Wildman–Crippen LogP) is 2.48. The van der Waals surface area contributed by atoms with Crippen LogP contribution in [0.2, 0.25) is 0 Å². The highest BCUT2D eigenvalue weighted by molar-refractivity contribution is 5.63. The van der Waals surface area contributed by atoms with E-state index in [1.54, 1.807) is 12.1 Å². The molecule has 0 radical (unpaired) electrons. The van der Waals surface area contributed by atoms with Crippen molar-refractivity contribution in [2.45, 2.75) is 25.8 Å². The van der Waals surface area contributed by atoms with E-state index in [-0.39, 0.29) is 10.6 Å². The first-order valence-electron chi connectivity index (χ1n) is 4.68. The lowest BCUT2D eigenvalue weighted by atomic mass is 10.2. The van der Waals surface area contributed by atoms with Crippen LogP contribution in [0.4, 0.5) is 11.4 Å². The Morgan fingerprint density at radius 3 is 2.79 bits per heavy atom. The van der Waals surface area contributed by atoms with E-state index < -0.39 is 0 Å². The van der Waals surface area contributed by atoms with E-state index in [2.05, 4.69) is 5.32 Å². The van der Waals surface area contributed by atoms with Crippen molar-refractivity contribution in [2.75, 3.05) is 5.32 Å². The minimum absolute atomic E-state index is 0.178. The molecule has 0 aromatic heterocycles. The summed E-state index contributed by atoms with van der Waals surface area (Å²) in [5.74, 6) is 0. The van der Waals surface area contributed by atoms with Crippen LogP contribution in [0.25, 0.3) is 0 Å². The van der Waals surface area contributed by atoms with E-state index in [4.69, 9.17) is 0 Å². The van der Waals surface area contributed by atoms with Crippen molar-refractivity contribution < 1.29 is 4.92 Å². The van der Waals surface area contributed by atoms with Crippen LogP contribution in [0.5, 0.6) is 0 Å². The maximum absolute atomic E-state index is 10.7. The Hall–Kier alpha value is -1.58. The number of benzene rings is 1. The van der Waals surface area contributed by atoms with Gasteiger partial charge in [0.25, 0.3) is 5.69 Å². The summed E-state index contributed by atoms with van der Waals surface area (Å²) in [6, 6.07) is 5.71. The zero-order chi connectivity index (χ0) is 10.1. The fourth-order valence-corrected chi connectivity index (χ4v) is 1.36. The molecule has 1 saturated carbocycles. The van der Waals surface area contributed by atoms with Crippen molar-refractivity contribution in [1.29, 1.82) is 0 Å². The number of hydrogen-bond donors (Lipinski definition) is 1. The molecule has 1 fully saturated rings.